The summed E-state index contributed by atoms with van der Waals surface area (Å²) in [6.45, 7) is 3.96. The fourth-order valence-corrected chi connectivity index (χ4v) is 0.922. The van der Waals surface area contributed by atoms with Gasteiger partial charge in [0.2, 0.25) is 0 Å². The second-order valence-corrected chi connectivity index (χ2v) is 2.54. The first-order valence-corrected chi connectivity index (χ1v) is 3.29. The molecular formula is C7H11BO. The summed E-state index contributed by atoms with van der Waals surface area (Å²) in [4.78, 5) is 0. The van der Waals surface area contributed by atoms with Crippen LogP contribution in [0.2, 0.25) is 5.82 Å². The van der Waals surface area contributed by atoms with Gasteiger partial charge in [0.25, 0.3) is 0 Å². The molecule has 2 heteroatoms. The molecule has 0 saturated heterocycles. The molecule has 1 aliphatic rings. The maximum Gasteiger partial charge on any atom is 0.0907 e. The molecular weight excluding hydrogens is 111 g/mol. The van der Waals surface area contributed by atoms with Crippen LogP contribution in [-0.2, 0) is 4.74 Å². The van der Waals surface area contributed by atoms with Gasteiger partial charge in [0.15, 0.2) is 0 Å². The Morgan fingerprint density at radius 1 is 1.78 bits per heavy atom. The molecule has 48 valence electrons. The largest absolute Gasteiger partial charge is 0.496 e. The summed E-state index contributed by atoms with van der Waals surface area (Å²) in [6, 6.07) is 0. The van der Waals surface area contributed by atoms with Gasteiger partial charge >= 0.3 is 0 Å². The molecule has 0 aromatic carbocycles. The van der Waals surface area contributed by atoms with E-state index < -0.39 is 0 Å². The summed E-state index contributed by atoms with van der Waals surface area (Å²) < 4.78 is 5.33. The normalized spacial score (nSPS) is 35.1. The van der Waals surface area contributed by atoms with Gasteiger partial charge in [-0.3, -0.25) is 0 Å². The molecule has 1 aliphatic heterocycles. The van der Waals surface area contributed by atoms with Crippen molar-refractivity contribution >= 4 is 7.85 Å². The predicted octanol–water partition coefficient (Wildman–Crippen LogP) is 1.66. The summed E-state index contributed by atoms with van der Waals surface area (Å²) in [5.74, 6) is 1.19. The molecule has 2 atom stereocenters. The summed E-state index contributed by atoms with van der Waals surface area (Å²) in [5.41, 5.74) is 0. The summed E-state index contributed by atoms with van der Waals surface area (Å²) in [5, 5.41) is 0. The molecule has 0 spiro atoms. The molecule has 1 rings (SSSR count). The van der Waals surface area contributed by atoms with E-state index in [-0.39, 0.29) is 11.9 Å². The zero-order valence-electron chi connectivity index (χ0n) is 5.92. The van der Waals surface area contributed by atoms with E-state index in [2.05, 4.69) is 0 Å². The zero-order chi connectivity index (χ0) is 6.85. The van der Waals surface area contributed by atoms with Gasteiger partial charge in [-0.25, -0.2) is 0 Å². The van der Waals surface area contributed by atoms with Crippen molar-refractivity contribution in [1.82, 2.24) is 0 Å². The minimum atomic E-state index is 0.189. The van der Waals surface area contributed by atoms with Gasteiger partial charge in [0.05, 0.1) is 19.7 Å². The summed E-state index contributed by atoms with van der Waals surface area (Å²) in [7, 11) is 5.67. The van der Waals surface area contributed by atoms with Crippen molar-refractivity contribution in [2.45, 2.75) is 32.2 Å². The fourth-order valence-electron chi connectivity index (χ4n) is 0.922. The monoisotopic (exact) mass is 122 g/mol. The van der Waals surface area contributed by atoms with Gasteiger partial charge < -0.3 is 4.74 Å². The maximum absolute atomic E-state index is 5.67. The SMILES string of the molecule is [B]C1CC=C(C)OC1C. The highest BCUT2D eigenvalue weighted by Crippen LogP contribution is 2.23. The van der Waals surface area contributed by atoms with Crippen molar-refractivity contribution in [1.29, 1.82) is 0 Å². The lowest BCUT2D eigenvalue weighted by atomic mass is 9.79. The Bertz CT molecular complexity index is 131. The van der Waals surface area contributed by atoms with Crippen molar-refractivity contribution in [3.05, 3.63) is 11.8 Å². The van der Waals surface area contributed by atoms with E-state index in [9.17, 15) is 0 Å². The Hall–Kier alpha value is -0.395. The minimum Gasteiger partial charge on any atom is -0.496 e. The van der Waals surface area contributed by atoms with Crippen LogP contribution in [0.3, 0.4) is 0 Å². The Labute approximate surface area is 57.5 Å². The molecule has 0 saturated carbocycles. The van der Waals surface area contributed by atoms with E-state index in [4.69, 9.17) is 12.6 Å². The smallest absolute Gasteiger partial charge is 0.0907 e. The molecule has 0 amide bonds. The van der Waals surface area contributed by atoms with E-state index >= 15 is 0 Å². The van der Waals surface area contributed by atoms with Crippen LogP contribution in [-0.4, -0.2) is 14.0 Å². The highest BCUT2D eigenvalue weighted by Gasteiger charge is 2.15. The van der Waals surface area contributed by atoms with Crippen LogP contribution in [0.4, 0.5) is 0 Å². The molecule has 0 aliphatic carbocycles. The molecule has 1 nitrogen and oxygen atoms in total. The van der Waals surface area contributed by atoms with E-state index in [1.807, 2.05) is 19.9 Å². The van der Waals surface area contributed by atoms with Gasteiger partial charge in [0.1, 0.15) is 0 Å². The molecule has 9 heavy (non-hydrogen) atoms. The van der Waals surface area contributed by atoms with E-state index in [0.29, 0.717) is 0 Å². The Balaban J connectivity index is 2.54. The van der Waals surface area contributed by atoms with Crippen LogP contribution < -0.4 is 0 Å². The lowest BCUT2D eigenvalue weighted by Crippen LogP contribution is -2.18. The highest BCUT2D eigenvalue weighted by molar-refractivity contribution is 6.12. The minimum absolute atomic E-state index is 0.189. The van der Waals surface area contributed by atoms with E-state index in [1.165, 1.54) is 0 Å². The molecule has 0 N–H and O–H groups in total. The highest BCUT2D eigenvalue weighted by atomic mass is 16.5. The lowest BCUT2D eigenvalue weighted by molar-refractivity contribution is 0.113. The van der Waals surface area contributed by atoms with Crippen molar-refractivity contribution in [3.8, 4) is 0 Å². The van der Waals surface area contributed by atoms with Crippen molar-refractivity contribution in [2.75, 3.05) is 0 Å². The molecule has 2 radical (unpaired) electrons. The van der Waals surface area contributed by atoms with Crippen LogP contribution in [0.5, 0.6) is 0 Å². The Kier molecular flexibility index (Phi) is 1.84. The van der Waals surface area contributed by atoms with Gasteiger partial charge in [0, 0.05) is 0 Å². The second-order valence-electron chi connectivity index (χ2n) is 2.54. The number of allylic oxidation sites excluding steroid dienone is 2. The summed E-state index contributed by atoms with van der Waals surface area (Å²) in [6.07, 6.45) is 3.17. The first kappa shape index (κ1) is 6.72. The van der Waals surface area contributed by atoms with Crippen molar-refractivity contribution in [2.24, 2.45) is 0 Å². The van der Waals surface area contributed by atoms with Crippen LogP contribution in [0, 0.1) is 0 Å². The third-order valence-electron chi connectivity index (χ3n) is 1.65. The summed E-state index contributed by atoms with van der Waals surface area (Å²) >= 11 is 0. The number of hydrogen-bond donors (Lipinski definition) is 0. The molecule has 1 heterocycles. The van der Waals surface area contributed by atoms with Gasteiger partial charge in [-0.15, -0.1) is 0 Å². The lowest BCUT2D eigenvalue weighted by Gasteiger charge is -2.25. The van der Waals surface area contributed by atoms with Crippen molar-refractivity contribution in [3.63, 3.8) is 0 Å². The Morgan fingerprint density at radius 3 is 2.89 bits per heavy atom. The van der Waals surface area contributed by atoms with Crippen molar-refractivity contribution < 1.29 is 4.74 Å². The third kappa shape index (κ3) is 1.50. The molecule has 0 fully saturated rings. The molecule has 0 aromatic rings. The maximum atomic E-state index is 5.67. The van der Waals surface area contributed by atoms with Gasteiger partial charge in [-0.1, -0.05) is 0 Å². The first-order valence-electron chi connectivity index (χ1n) is 3.29. The predicted molar refractivity (Wildman–Crippen MR) is 38.4 cm³/mol. The second kappa shape index (κ2) is 2.46. The average Bonchev–Trinajstić information content (AvgIpc) is 1.80. The van der Waals surface area contributed by atoms with Gasteiger partial charge in [-0.2, -0.15) is 0 Å². The topological polar surface area (TPSA) is 9.23 Å². The molecule has 0 aromatic heterocycles. The zero-order valence-corrected chi connectivity index (χ0v) is 5.92. The van der Waals surface area contributed by atoms with Crippen LogP contribution in [0.1, 0.15) is 20.3 Å². The number of rotatable bonds is 0. The van der Waals surface area contributed by atoms with Gasteiger partial charge in [-0.05, 0) is 32.2 Å². The third-order valence-corrected chi connectivity index (χ3v) is 1.65. The molecule has 0 bridgehead atoms. The average molecular weight is 122 g/mol. The van der Waals surface area contributed by atoms with Crippen LogP contribution in [0.25, 0.3) is 0 Å². The van der Waals surface area contributed by atoms with E-state index in [0.717, 1.165) is 12.2 Å². The van der Waals surface area contributed by atoms with E-state index in [1.54, 1.807) is 0 Å². The van der Waals surface area contributed by atoms with Crippen LogP contribution >= 0.6 is 0 Å². The molecule has 2 unspecified atom stereocenters. The fraction of sp³-hybridized carbons (Fsp3) is 0.714. The Morgan fingerprint density at radius 2 is 2.44 bits per heavy atom. The first-order chi connectivity index (χ1) is 4.20. The van der Waals surface area contributed by atoms with Crippen LogP contribution in [0.15, 0.2) is 11.8 Å². The number of ether oxygens (including phenoxy) is 1. The standard InChI is InChI=1S/C7H11BO/c1-5-3-4-7(8)6(2)9-5/h3,6-7H,4H2,1-2H3. The number of hydrogen-bond acceptors (Lipinski definition) is 1. The quantitative estimate of drug-likeness (QED) is 0.444.